The summed E-state index contributed by atoms with van der Waals surface area (Å²) in [5.74, 6) is -0.290. The van der Waals surface area contributed by atoms with Gasteiger partial charge in [-0.15, -0.1) is 11.3 Å². The van der Waals surface area contributed by atoms with E-state index in [0.717, 1.165) is 26.5 Å². The van der Waals surface area contributed by atoms with Crippen LogP contribution in [0.4, 0.5) is 10.8 Å². The van der Waals surface area contributed by atoms with Crippen LogP contribution in [0.15, 0.2) is 88.7 Å². The van der Waals surface area contributed by atoms with Crippen molar-refractivity contribution in [3.05, 3.63) is 104 Å². The highest BCUT2D eigenvalue weighted by atomic mass is 79.9. The number of aromatic nitrogens is 2. The van der Waals surface area contributed by atoms with Crippen LogP contribution in [0.3, 0.4) is 0 Å². The number of pyridine rings is 1. The Balaban J connectivity index is 1.46. The van der Waals surface area contributed by atoms with E-state index in [4.69, 9.17) is 4.98 Å². The fraction of sp³-hybridized carbons (Fsp3) is 0. The zero-order valence-electron chi connectivity index (χ0n) is 17.4. The van der Waals surface area contributed by atoms with Crippen LogP contribution in [0.5, 0.6) is 0 Å². The molecule has 9 heteroatoms. The standard InChI is InChI=1S/C25H15BrN4O3S/c26-17-9-5-15(6-10-17)22-13-20(19-3-1-2-4-21(19)27-22)24(31)29-25-28-23(14-34-25)16-7-11-18(12-8-16)30(32)33/h1-14H,(H,28,29,31). The van der Waals surface area contributed by atoms with Crippen LogP contribution in [0.25, 0.3) is 33.4 Å². The van der Waals surface area contributed by atoms with Crippen molar-refractivity contribution in [2.45, 2.75) is 0 Å². The van der Waals surface area contributed by atoms with Gasteiger partial charge >= 0.3 is 0 Å². The highest BCUT2D eigenvalue weighted by Gasteiger charge is 2.16. The molecule has 0 radical (unpaired) electrons. The average molecular weight is 531 g/mol. The number of rotatable bonds is 5. The van der Waals surface area contributed by atoms with Crippen LogP contribution in [-0.4, -0.2) is 20.8 Å². The topological polar surface area (TPSA) is 98.0 Å². The average Bonchev–Trinajstić information content (AvgIpc) is 3.32. The first-order valence-electron chi connectivity index (χ1n) is 10.2. The highest BCUT2D eigenvalue weighted by Crippen LogP contribution is 2.29. The number of non-ortho nitro benzene ring substituents is 1. The molecule has 5 rings (SSSR count). The molecule has 7 nitrogen and oxygen atoms in total. The summed E-state index contributed by atoms with van der Waals surface area (Å²) in [5.41, 5.74) is 4.19. The fourth-order valence-electron chi connectivity index (χ4n) is 3.51. The number of amides is 1. The predicted octanol–water partition coefficient (Wildman–Crippen LogP) is 6.95. The van der Waals surface area contributed by atoms with Gasteiger partial charge in [0, 0.05) is 38.5 Å². The van der Waals surface area contributed by atoms with E-state index in [0.29, 0.717) is 22.1 Å². The molecule has 166 valence electrons. The zero-order valence-corrected chi connectivity index (χ0v) is 19.8. The molecular weight excluding hydrogens is 516 g/mol. The molecule has 0 bridgehead atoms. The molecule has 0 aliphatic heterocycles. The van der Waals surface area contributed by atoms with E-state index < -0.39 is 4.92 Å². The van der Waals surface area contributed by atoms with Gasteiger partial charge in [-0.3, -0.25) is 20.2 Å². The van der Waals surface area contributed by atoms with Crippen molar-refractivity contribution in [2.75, 3.05) is 5.32 Å². The van der Waals surface area contributed by atoms with E-state index >= 15 is 0 Å². The smallest absolute Gasteiger partial charge is 0.269 e. The third-order valence-electron chi connectivity index (χ3n) is 5.20. The van der Waals surface area contributed by atoms with E-state index in [2.05, 4.69) is 26.2 Å². The lowest BCUT2D eigenvalue weighted by molar-refractivity contribution is -0.384. The number of nitrogens with zero attached hydrogens (tertiary/aromatic N) is 3. The molecule has 0 saturated heterocycles. The number of benzene rings is 3. The summed E-state index contributed by atoms with van der Waals surface area (Å²) in [6, 6.07) is 23.2. The molecule has 0 aliphatic rings. The highest BCUT2D eigenvalue weighted by molar-refractivity contribution is 9.10. The first-order valence-corrected chi connectivity index (χ1v) is 11.8. The molecule has 0 fully saturated rings. The van der Waals surface area contributed by atoms with E-state index in [1.807, 2.05) is 48.5 Å². The van der Waals surface area contributed by atoms with E-state index in [1.54, 1.807) is 23.6 Å². The SMILES string of the molecule is O=C(Nc1nc(-c2ccc([N+](=O)[O-])cc2)cs1)c1cc(-c2ccc(Br)cc2)nc2ccccc12. The van der Waals surface area contributed by atoms with Gasteiger partial charge in [-0.05, 0) is 36.4 Å². The molecule has 0 saturated carbocycles. The molecule has 34 heavy (non-hydrogen) atoms. The minimum absolute atomic E-state index is 0.0126. The Morgan fingerprint density at radius 3 is 2.32 bits per heavy atom. The van der Waals surface area contributed by atoms with Crippen molar-refractivity contribution in [3.8, 4) is 22.5 Å². The lowest BCUT2D eigenvalue weighted by atomic mass is 10.0. The maximum Gasteiger partial charge on any atom is 0.269 e. The summed E-state index contributed by atoms with van der Waals surface area (Å²) in [5, 5.41) is 16.7. The molecule has 1 N–H and O–H groups in total. The Morgan fingerprint density at radius 2 is 1.59 bits per heavy atom. The molecule has 5 aromatic rings. The number of carbonyl (C=O) groups excluding carboxylic acids is 1. The normalized spacial score (nSPS) is 10.9. The van der Waals surface area contributed by atoms with Crippen LogP contribution in [0.1, 0.15) is 10.4 Å². The summed E-state index contributed by atoms with van der Waals surface area (Å²) < 4.78 is 0.961. The van der Waals surface area contributed by atoms with Crippen LogP contribution >= 0.6 is 27.3 Å². The number of nitro benzene ring substituents is 1. The van der Waals surface area contributed by atoms with Gasteiger partial charge in [0.1, 0.15) is 0 Å². The van der Waals surface area contributed by atoms with Crippen LogP contribution in [-0.2, 0) is 0 Å². The van der Waals surface area contributed by atoms with E-state index in [-0.39, 0.29) is 11.6 Å². The molecule has 0 spiro atoms. The number of hydrogen-bond donors (Lipinski definition) is 1. The minimum Gasteiger partial charge on any atom is -0.298 e. The molecule has 3 aromatic carbocycles. The van der Waals surface area contributed by atoms with Gasteiger partial charge in [-0.1, -0.05) is 46.3 Å². The number of halogens is 1. The number of thiazole rings is 1. The summed E-state index contributed by atoms with van der Waals surface area (Å²) in [4.78, 5) is 32.9. The van der Waals surface area contributed by atoms with Crippen molar-refractivity contribution in [1.82, 2.24) is 9.97 Å². The Labute approximate surface area is 206 Å². The first-order chi connectivity index (χ1) is 16.5. The molecule has 0 aliphatic carbocycles. The van der Waals surface area contributed by atoms with Crippen LogP contribution in [0.2, 0.25) is 0 Å². The molecule has 2 aromatic heterocycles. The van der Waals surface area contributed by atoms with Gasteiger partial charge in [-0.25, -0.2) is 9.97 Å². The zero-order chi connectivity index (χ0) is 23.7. The molecule has 0 unspecified atom stereocenters. The largest absolute Gasteiger partial charge is 0.298 e. The maximum absolute atomic E-state index is 13.3. The van der Waals surface area contributed by atoms with Gasteiger partial charge < -0.3 is 0 Å². The summed E-state index contributed by atoms with van der Waals surface area (Å²) in [6.45, 7) is 0. The van der Waals surface area contributed by atoms with Crippen molar-refractivity contribution in [2.24, 2.45) is 0 Å². The quantitative estimate of drug-likeness (QED) is 0.196. The Hall–Kier alpha value is -3.95. The number of carbonyl (C=O) groups is 1. The number of hydrogen-bond acceptors (Lipinski definition) is 6. The number of nitrogens with one attached hydrogen (secondary N) is 1. The third kappa shape index (κ3) is 4.43. The number of para-hydroxylation sites is 1. The monoisotopic (exact) mass is 530 g/mol. The van der Waals surface area contributed by atoms with Crippen molar-refractivity contribution < 1.29 is 9.72 Å². The number of anilines is 1. The van der Waals surface area contributed by atoms with Gasteiger partial charge in [-0.2, -0.15) is 0 Å². The summed E-state index contributed by atoms with van der Waals surface area (Å²) >= 11 is 4.73. The lowest BCUT2D eigenvalue weighted by Crippen LogP contribution is -2.13. The Bertz CT molecular complexity index is 1530. The van der Waals surface area contributed by atoms with Gasteiger partial charge in [0.25, 0.3) is 11.6 Å². The van der Waals surface area contributed by atoms with Gasteiger partial charge in [0.05, 0.1) is 27.4 Å². The van der Waals surface area contributed by atoms with E-state index in [1.165, 1.54) is 23.5 Å². The minimum atomic E-state index is -0.446. The summed E-state index contributed by atoms with van der Waals surface area (Å²) in [7, 11) is 0. The maximum atomic E-state index is 13.3. The predicted molar refractivity (Wildman–Crippen MR) is 137 cm³/mol. The van der Waals surface area contributed by atoms with Crippen molar-refractivity contribution in [1.29, 1.82) is 0 Å². The Kier molecular flexibility index (Phi) is 5.87. The van der Waals surface area contributed by atoms with Crippen molar-refractivity contribution >= 4 is 54.9 Å². The van der Waals surface area contributed by atoms with Gasteiger partial charge in [0.15, 0.2) is 5.13 Å². The second-order valence-corrected chi connectivity index (χ2v) is 9.15. The number of nitro groups is 1. The van der Waals surface area contributed by atoms with Crippen LogP contribution < -0.4 is 5.32 Å². The molecule has 0 atom stereocenters. The van der Waals surface area contributed by atoms with Crippen LogP contribution in [0, 0.1) is 10.1 Å². The molecule has 1 amide bonds. The summed E-state index contributed by atoms with van der Waals surface area (Å²) in [6.07, 6.45) is 0. The Morgan fingerprint density at radius 1 is 0.912 bits per heavy atom. The molecular formula is C25H15BrN4O3S. The molecule has 2 heterocycles. The number of fused-ring (bicyclic) bond motifs is 1. The van der Waals surface area contributed by atoms with E-state index in [9.17, 15) is 14.9 Å². The third-order valence-corrected chi connectivity index (χ3v) is 6.49. The van der Waals surface area contributed by atoms with Gasteiger partial charge in [0.2, 0.25) is 0 Å². The first kappa shape index (κ1) is 21.9. The second kappa shape index (κ2) is 9.12. The van der Waals surface area contributed by atoms with Crippen molar-refractivity contribution in [3.63, 3.8) is 0 Å². The lowest BCUT2D eigenvalue weighted by Gasteiger charge is -2.10. The fourth-order valence-corrected chi connectivity index (χ4v) is 4.49. The second-order valence-electron chi connectivity index (χ2n) is 7.38.